The summed E-state index contributed by atoms with van der Waals surface area (Å²) in [4.78, 5) is 21.8. The minimum Gasteiger partial charge on any atom is -0.497 e. The highest BCUT2D eigenvalue weighted by atomic mass is 32.1. The van der Waals surface area contributed by atoms with Gasteiger partial charge in [0.05, 0.1) is 28.5 Å². The summed E-state index contributed by atoms with van der Waals surface area (Å²) in [6.07, 6.45) is 1.14. The second-order valence-corrected chi connectivity index (χ2v) is 6.73. The average molecular weight is 333 g/mol. The molecule has 0 saturated heterocycles. The molecule has 3 aromatic rings. The Kier molecular flexibility index (Phi) is 4.35. The zero-order chi connectivity index (χ0) is 15.5. The van der Waals surface area contributed by atoms with E-state index in [9.17, 15) is 4.79 Å². The lowest BCUT2D eigenvalue weighted by Gasteiger charge is -2.00. The minimum atomic E-state index is -0.0289. The maximum atomic E-state index is 12.0. The molecular weight excluding hydrogens is 318 g/mol. The fourth-order valence-corrected chi connectivity index (χ4v) is 3.75. The van der Waals surface area contributed by atoms with Crippen LogP contribution >= 0.6 is 22.7 Å². The third kappa shape index (κ3) is 3.26. The fraction of sp³-hybridized carbons (Fsp3) is 0.267. The van der Waals surface area contributed by atoms with Crippen LogP contribution in [0.5, 0.6) is 5.75 Å². The van der Waals surface area contributed by atoms with Gasteiger partial charge < -0.3 is 10.1 Å². The Balaban J connectivity index is 1.65. The molecule has 0 fully saturated rings. The average Bonchev–Trinajstić information content (AvgIpc) is 3.09. The van der Waals surface area contributed by atoms with E-state index in [1.807, 2.05) is 30.6 Å². The van der Waals surface area contributed by atoms with Crippen LogP contribution in [0.2, 0.25) is 0 Å². The van der Waals surface area contributed by atoms with Crippen molar-refractivity contribution in [3.63, 3.8) is 0 Å². The molecule has 0 saturated carbocycles. The lowest BCUT2D eigenvalue weighted by molar-refractivity contribution is -0.116. The summed E-state index contributed by atoms with van der Waals surface area (Å²) in [6.45, 7) is 1.96. The number of rotatable bonds is 5. The van der Waals surface area contributed by atoms with Crippen LogP contribution in [0.15, 0.2) is 23.7 Å². The van der Waals surface area contributed by atoms with Crippen molar-refractivity contribution in [1.82, 2.24) is 9.97 Å². The summed E-state index contributed by atoms with van der Waals surface area (Å²) >= 11 is 3.04. The van der Waals surface area contributed by atoms with Gasteiger partial charge in [-0.1, -0.05) is 11.3 Å². The molecule has 0 unspecified atom stereocenters. The van der Waals surface area contributed by atoms with Crippen LogP contribution in [-0.4, -0.2) is 23.0 Å². The maximum Gasteiger partial charge on any atom is 0.226 e. The lowest BCUT2D eigenvalue weighted by Crippen LogP contribution is -2.11. The van der Waals surface area contributed by atoms with Gasteiger partial charge in [-0.25, -0.2) is 9.97 Å². The number of aryl methyl sites for hydroxylation is 2. The van der Waals surface area contributed by atoms with Gasteiger partial charge in [0.15, 0.2) is 5.13 Å². The molecule has 2 aromatic heterocycles. The monoisotopic (exact) mass is 333 g/mol. The topological polar surface area (TPSA) is 64.1 Å². The molecule has 0 bridgehead atoms. The van der Waals surface area contributed by atoms with Crippen LogP contribution in [0.1, 0.15) is 17.0 Å². The lowest BCUT2D eigenvalue weighted by atomic mass is 10.2. The van der Waals surface area contributed by atoms with Gasteiger partial charge in [-0.2, -0.15) is 0 Å². The van der Waals surface area contributed by atoms with E-state index in [-0.39, 0.29) is 5.91 Å². The zero-order valence-corrected chi connectivity index (χ0v) is 13.9. The highest BCUT2D eigenvalue weighted by Crippen LogP contribution is 2.29. The van der Waals surface area contributed by atoms with Crippen LogP contribution in [0.3, 0.4) is 0 Å². The van der Waals surface area contributed by atoms with Gasteiger partial charge in [0, 0.05) is 11.3 Å². The molecule has 2 heterocycles. The molecule has 1 aromatic carbocycles. The molecule has 5 nitrogen and oxygen atoms in total. The third-order valence-electron chi connectivity index (χ3n) is 3.27. The maximum absolute atomic E-state index is 12.0. The summed E-state index contributed by atoms with van der Waals surface area (Å²) in [7, 11) is 1.63. The molecule has 0 atom stereocenters. The van der Waals surface area contributed by atoms with E-state index in [2.05, 4.69) is 15.3 Å². The molecule has 3 rings (SSSR count). The Bertz CT molecular complexity index is 810. The van der Waals surface area contributed by atoms with Gasteiger partial charge in [0.1, 0.15) is 5.75 Å². The van der Waals surface area contributed by atoms with Gasteiger partial charge in [-0.3, -0.25) is 4.79 Å². The van der Waals surface area contributed by atoms with E-state index in [0.717, 1.165) is 26.5 Å². The van der Waals surface area contributed by atoms with Crippen molar-refractivity contribution >= 4 is 43.9 Å². The fourth-order valence-electron chi connectivity index (χ4n) is 2.06. The van der Waals surface area contributed by atoms with Crippen LogP contribution in [0.25, 0.3) is 10.2 Å². The number of aromatic nitrogens is 2. The number of thiazole rings is 2. The van der Waals surface area contributed by atoms with Crippen molar-refractivity contribution in [3.8, 4) is 5.75 Å². The molecule has 0 radical (unpaired) electrons. The van der Waals surface area contributed by atoms with Gasteiger partial charge in [0.2, 0.25) is 5.91 Å². The van der Waals surface area contributed by atoms with E-state index >= 15 is 0 Å². The zero-order valence-electron chi connectivity index (χ0n) is 12.3. The first kappa shape index (κ1) is 14.9. The second kappa shape index (κ2) is 6.41. The Hall–Kier alpha value is -1.99. The van der Waals surface area contributed by atoms with Gasteiger partial charge in [0.25, 0.3) is 0 Å². The minimum absolute atomic E-state index is 0.0289. The van der Waals surface area contributed by atoms with Crippen LogP contribution in [-0.2, 0) is 11.2 Å². The van der Waals surface area contributed by atoms with Gasteiger partial charge in [-0.05, 0) is 31.5 Å². The molecule has 0 aliphatic carbocycles. The summed E-state index contributed by atoms with van der Waals surface area (Å²) in [5, 5.41) is 3.48. The van der Waals surface area contributed by atoms with E-state index in [1.165, 1.54) is 11.3 Å². The molecule has 1 amide bonds. The molecule has 0 aliphatic heterocycles. The number of nitrogens with one attached hydrogen (secondary N) is 1. The van der Waals surface area contributed by atoms with Crippen LogP contribution in [0.4, 0.5) is 5.13 Å². The van der Waals surface area contributed by atoms with Crippen molar-refractivity contribution in [1.29, 1.82) is 0 Å². The van der Waals surface area contributed by atoms with Gasteiger partial charge >= 0.3 is 0 Å². The standard InChI is InChI=1S/C15H15N3O2S2/c1-9-12(21-8-16-9)5-6-14(19)18-15-17-11-4-3-10(20-2)7-13(11)22-15/h3-4,7-8H,5-6H2,1-2H3,(H,17,18,19). The number of carbonyl (C=O) groups excluding carboxylic acids is 1. The molecule has 0 aliphatic rings. The van der Waals surface area contributed by atoms with Crippen LogP contribution in [0, 0.1) is 6.92 Å². The van der Waals surface area contributed by atoms with E-state index in [0.29, 0.717) is 18.0 Å². The van der Waals surface area contributed by atoms with Crippen molar-refractivity contribution in [2.24, 2.45) is 0 Å². The first-order chi connectivity index (χ1) is 10.7. The SMILES string of the molecule is COc1ccc2nc(NC(=O)CCc3scnc3C)sc2c1. The number of carbonyl (C=O) groups is 1. The van der Waals surface area contributed by atoms with Crippen molar-refractivity contribution in [2.75, 3.05) is 12.4 Å². The number of nitrogens with zero attached hydrogens (tertiary/aromatic N) is 2. The Morgan fingerprint density at radius 2 is 2.27 bits per heavy atom. The molecule has 7 heteroatoms. The molecule has 0 spiro atoms. The smallest absolute Gasteiger partial charge is 0.226 e. The summed E-state index contributed by atoms with van der Waals surface area (Å²) in [6, 6.07) is 5.67. The Morgan fingerprint density at radius 3 is 3.00 bits per heavy atom. The van der Waals surface area contributed by atoms with Crippen molar-refractivity contribution < 1.29 is 9.53 Å². The third-order valence-corrected chi connectivity index (χ3v) is 5.19. The first-order valence-corrected chi connectivity index (χ1v) is 8.48. The van der Waals surface area contributed by atoms with Crippen molar-refractivity contribution in [3.05, 3.63) is 34.3 Å². The molecule has 1 N–H and O–H groups in total. The first-order valence-electron chi connectivity index (χ1n) is 6.79. The highest BCUT2D eigenvalue weighted by molar-refractivity contribution is 7.22. The number of benzene rings is 1. The normalized spacial score (nSPS) is 10.8. The second-order valence-electron chi connectivity index (χ2n) is 4.76. The number of ether oxygens (including phenoxy) is 1. The highest BCUT2D eigenvalue weighted by Gasteiger charge is 2.10. The predicted molar refractivity (Wildman–Crippen MR) is 90.0 cm³/mol. The van der Waals surface area contributed by atoms with Crippen molar-refractivity contribution in [2.45, 2.75) is 19.8 Å². The number of hydrogen-bond donors (Lipinski definition) is 1. The molecule has 114 valence electrons. The van der Waals surface area contributed by atoms with Crippen LogP contribution < -0.4 is 10.1 Å². The van der Waals surface area contributed by atoms with Gasteiger partial charge in [-0.15, -0.1) is 11.3 Å². The number of anilines is 1. The number of hydrogen-bond acceptors (Lipinski definition) is 6. The number of amides is 1. The number of fused-ring (bicyclic) bond motifs is 1. The van der Waals surface area contributed by atoms with E-state index in [1.54, 1.807) is 18.4 Å². The largest absolute Gasteiger partial charge is 0.497 e. The Labute approximate surface area is 136 Å². The summed E-state index contributed by atoms with van der Waals surface area (Å²) < 4.78 is 6.18. The predicted octanol–water partition coefficient (Wildman–Crippen LogP) is 3.64. The molecular formula is C15H15N3O2S2. The Morgan fingerprint density at radius 1 is 1.41 bits per heavy atom. The van der Waals surface area contributed by atoms with E-state index < -0.39 is 0 Å². The summed E-state index contributed by atoms with van der Waals surface area (Å²) in [5.74, 6) is 0.758. The van der Waals surface area contributed by atoms with E-state index in [4.69, 9.17) is 4.74 Å². The molecule has 22 heavy (non-hydrogen) atoms. The quantitative estimate of drug-likeness (QED) is 0.774. The summed E-state index contributed by atoms with van der Waals surface area (Å²) in [5.41, 5.74) is 3.67. The number of methoxy groups -OCH3 is 1.